The molecule has 0 saturated carbocycles. The number of hydrogen-bond donors (Lipinski definition) is 0. The Bertz CT molecular complexity index is 268. The van der Waals surface area contributed by atoms with Crippen molar-refractivity contribution in [1.82, 2.24) is 0 Å². The Kier molecular flexibility index (Phi) is 9.04. The van der Waals surface area contributed by atoms with Crippen LogP contribution in [0, 0.1) is 11.5 Å². The molecule has 0 N–H and O–H groups in total. The molecule has 0 bridgehead atoms. The van der Waals surface area contributed by atoms with Crippen LogP contribution in [-0.2, 0) is 0 Å². The highest BCUT2D eigenvalue weighted by Gasteiger charge is 2.06. The fourth-order valence-corrected chi connectivity index (χ4v) is 1.74. The Morgan fingerprint density at radius 3 is 2.38 bits per heavy atom. The topological polar surface area (TPSA) is 0 Å². The molecule has 0 atom stereocenters. The van der Waals surface area contributed by atoms with Gasteiger partial charge in [-0.25, -0.2) is 0 Å². The summed E-state index contributed by atoms with van der Waals surface area (Å²) in [6.07, 6.45) is 14.9. The van der Waals surface area contributed by atoms with E-state index in [4.69, 9.17) is 0 Å². The van der Waals surface area contributed by atoms with Crippen LogP contribution in [-0.4, -0.2) is 8.07 Å². The van der Waals surface area contributed by atoms with E-state index in [9.17, 15) is 0 Å². The molecule has 90 valence electrons. The van der Waals surface area contributed by atoms with E-state index in [1.54, 1.807) is 0 Å². The second-order valence-corrected chi connectivity index (χ2v) is 9.91. The molecule has 0 nitrogen and oxygen atoms in total. The van der Waals surface area contributed by atoms with Crippen molar-refractivity contribution in [3.63, 3.8) is 0 Å². The third-order valence-electron chi connectivity index (χ3n) is 2.10. The molecule has 0 radical (unpaired) electrons. The van der Waals surface area contributed by atoms with E-state index >= 15 is 0 Å². The first-order valence-corrected chi connectivity index (χ1v) is 9.90. The zero-order valence-corrected chi connectivity index (χ0v) is 12.3. The third kappa shape index (κ3) is 13.3. The van der Waals surface area contributed by atoms with Crippen LogP contribution in [0.1, 0.15) is 39.0 Å². The zero-order valence-electron chi connectivity index (χ0n) is 11.3. The molecule has 0 aliphatic rings. The summed E-state index contributed by atoms with van der Waals surface area (Å²) in [6, 6.07) is 0. The van der Waals surface area contributed by atoms with E-state index in [-0.39, 0.29) is 0 Å². The minimum absolute atomic E-state index is 1.18. The SMILES string of the molecule is CCCCCC/C=C/C=C/C#C[Si](C)(C)C. The van der Waals surface area contributed by atoms with Crippen molar-refractivity contribution in [2.24, 2.45) is 0 Å². The van der Waals surface area contributed by atoms with Gasteiger partial charge in [0, 0.05) is 0 Å². The summed E-state index contributed by atoms with van der Waals surface area (Å²) in [5.74, 6) is 3.12. The van der Waals surface area contributed by atoms with Gasteiger partial charge in [-0.3, -0.25) is 0 Å². The van der Waals surface area contributed by atoms with E-state index in [1.807, 2.05) is 12.2 Å². The van der Waals surface area contributed by atoms with Crippen LogP contribution in [0.3, 0.4) is 0 Å². The molecular weight excluding hydrogens is 208 g/mol. The minimum Gasteiger partial charge on any atom is -0.127 e. The summed E-state index contributed by atoms with van der Waals surface area (Å²) in [5.41, 5.74) is 3.31. The van der Waals surface area contributed by atoms with Gasteiger partial charge in [0.05, 0.1) is 0 Å². The third-order valence-corrected chi connectivity index (χ3v) is 2.99. The van der Waals surface area contributed by atoms with Gasteiger partial charge in [-0.15, -0.1) is 5.54 Å². The van der Waals surface area contributed by atoms with Crippen molar-refractivity contribution in [1.29, 1.82) is 0 Å². The fourth-order valence-electron chi connectivity index (χ4n) is 1.23. The lowest BCUT2D eigenvalue weighted by Gasteiger charge is -2.01. The van der Waals surface area contributed by atoms with Crippen molar-refractivity contribution in [2.45, 2.75) is 58.7 Å². The number of allylic oxidation sites excluding steroid dienone is 4. The van der Waals surface area contributed by atoms with Crippen molar-refractivity contribution >= 4 is 8.07 Å². The van der Waals surface area contributed by atoms with Gasteiger partial charge in [-0.1, -0.05) is 70.0 Å². The van der Waals surface area contributed by atoms with Gasteiger partial charge in [0.15, 0.2) is 0 Å². The van der Waals surface area contributed by atoms with Crippen molar-refractivity contribution in [3.05, 3.63) is 24.3 Å². The smallest absolute Gasteiger partial charge is 0.127 e. The molecule has 0 aromatic rings. The molecule has 0 unspecified atom stereocenters. The Morgan fingerprint density at radius 1 is 1.00 bits per heavy atom. The highest BCUT2D eigenvalue weighted by molar-refractivity contribution is 6.83. The van der Waals surface area contributed by atoms with Crippen molar-refractivity contribution in [3.8, 4) is 11.5 Å². The van der Waals surface area contributed by atoms with Crippen LogP contribution in [0.4, 0.5) is 0 Å². The zero-order chi connectivity index (χ0) is 12.3. The van der Waals surface area contributed by atoms with Crippen LogP contribution >= 0.6 is 0 Å². The average Bonchev–Trinajstić information content (AvgIpc) is 2.19. The molecule has 16 heavy (non-hydrogen) atoms. The Morgan fingerprint density at radius 2 is 1.75 bits per heavy atom. The van der Waals surface area contributed by atoms with Gasteiger partial charge in [-0.05, 0) is 18.9 Å². The fraction of sp³-hybridized carbons (Fsp3) is 0.600. The van der Waals surface area contributed by atoms with E-state index < -0.39 is 8.07 Å². The lowest BCUT2D eigenvalue weighted by atomic mass is 10.1. The van der Waals surface area contributed by atoms with Gasteiger partial charge >= 0.3 is 0 Å². The molecule has 0 aromatic carbocycles. The number of rotatable bonds is 6. The van der Waals surface area contributed by atoms with E-state index in [0.29, 0.717) is 0 Å². The average molecular weight is 234 g/mol. The van der Waals surface area contributed by atoms with Crippen LogP contribution in [0.15, 0.2) is 24.3 Å². The molecule has 0 spiro atoms. The maximum atomic E-state index is 3.31. The number of hydrogen-bond acceptors (Lipinski definition) is 0. The maximum Gasteiger partial charge on any atom is 0.129 e. The molecule has 0 amide bonds. The van der Waals surface area contributed by atoms with Gasteiger partial charge in [0.25, 0.3) is 0 Å². The quantitative estimate of drug-likeness (QED) is 0.264. The molecule has 1 heteroatoms. The Labute approximate surface area is 103 Å². The lowest BCUT2D eigenvalue weighted by Crippen LogP contribution is -2.16. The highest BCUT2D eigenvalue weighted by atomic mass is 28.3. The van der Waals surface area contributed by atoms with Crippen molar-refractivity contribution in [2.75, 3.05) is 0 Å². The van der Waals surface area contributed by atoms with Gasteiger partial charge in [0.2, 0.25) is 0 Å². The normalized spacial score (nSPS) is 12.0. The standard InChI is InChI=1S/C15H26Si/c1-5-6-7-8-9-10-11-12-13-14-15-16(2,3)4/h10-13H,5-9H2,1-4H3/b11-10+,13-12+. The van der Waals surface area contributed by atoms with Crippen LogP contribution < -0.4 is 0 Å². The first-order chi connectivity index (χ1) is 7.56. The Hall–Kier alpha value is -0.743. The molecule has 0 saturated heterocycles. The van der Waals surface area contributed by atoms with Crippen LogP contribution in [0.25, 0.3) is 0 Å². The first kappa shape index (κ1) is 15.3. The molecule has 0 aromatic heterocycles. The largest absolute Gasteiger partial charge is 0.129 e. The highest BCUT2D eigenvalue weighted by Crippen LogP contribution is 2.02. The second-order valence-electron chi connectivity index (χ2n) is 5.16. The predicted molar refractivity (Wildman–Crippen MR) is 78.2 cm³/mol. The minimum atomic E-state index is -1.18. The van der Waals surface area contributed by atoms with Gasteiger partial charge in [0.1, 0.15) is 8.07 Å². The Balaban J connectivity index is 3.59. The predicted octanol–water partition coefficient (Wildman–Crippen LogP) is 4.95. The monoisotopic (exact) mass is 234 g/mol. The van der Waals surface area contributed by atoms with Crippen molar-refractivity contribution < 1.29 is 0 Å². The molecule has 0 fully saturated rings. The molecule has 0 rings (SSSR count). The summed E-state index contributed by atoms with van der Waals surface area (Å²) in [5, 5.41) is 0. The second kappa shape index (κ2) is 9.48. The summed E-state index contributed by atoms with van der Waals surface area (Å²) < 4.78 is 0. The van der Waals surface area contributed by atoms with Crippen LogP contribution in [0.5, 0.6) is 0 Å². The summed E-state index contributed by atoms with van der Waals surface area (Å²) in [7, 11) is -1.18. The van der Waals surface area contributed by atoms with E-state index in [2.05, 4.69) is 50.2 Å². The van der Waals surface area contributed by atoms with E-state index in [1.165, 1.54) is 32.1 Å². The van der Waals surface area contributed by atoms with E-state index in [0.717, 1.165) is 0 Å². The lowest BCUT2D eigenvalue weighted by molar-refractivity contribution is 0.674. The number of unbranched alkanes of at least 4 members (excludes halogenated alkanes) is 4. The summed E-state index contributed by atoms with van der Waals surface area (Å²) in [4.78, 5) is 0. The van der Waals surface area contributed by atoms with Gasteiger partial charge < -0.3 is 0 Å². The van der Waals surface area contributed by atoms with Crippen LogP contribution in [0.2, 0.25) is 19.6 Å². The first-order valence-electron chi connectivity index (χ1n) is 6.40. The van der Waals surface area contributed by atoms with Gasteiger partial charge in [-0.2, -0.15) is 0 Å². The summed E-state index contributed by atoms with van der Waals surface area (Å²) in [6.45, 7) is 9.03. The summed E-state index contributed by atoms with van der Waals surface area (Å²) >= 11 is 0. The maximum absolute atomic E-state index is 3.31. The molecule has 0 heterocycles. The molecule has 0 aliphatic heterocycles. The molecular formula is C15H26Si. The molecule has 0 aliphatic carbocycles.